The van der Waals surface area contributed by atoms with Crippen molar-refractivity contribution in [1.29, 1.82) is 0 Å². The molecule has 0 amide bonds. The van der Waals surface area contributed by atoms with Gasteiger partial charge in [-0.15, -0.1) is 0 Å². The predicted molar refractivity (Wildman–Crippen MR) is 226 cm³/mol. The highest BCUT2D eigenvalue weighted by molar-refractivity contribution is 7.00. The Kier molecular flexibility index (Phi) is 5.22. The largest absolute Gasteiger partial charge is 0.310 e. The summed E-state index contributed by atoms with van der Waals surface area (Å²) in [6, 6.07) is 66.0. The van der Waals surface area contributed by atoms with Gasteiger partial charge in [-0.2, -0.15) is 0 Å². The molecule has 2 nitrogen and oxygen atoms in total. The smallest absolute Gasteiger partial charge is 0.252 e. The van der Waals surface area contributed by atoms with Crippen LogP contribution in [0.25, 0.3) is 98.8 Å². The van der Waals surface area contributed by atoms with Gasteiger partial charge in [0.2, 0.25) is 0 Å². The monoisotopic (exact) mass is 668 g/mol. The van der Waals surface area contributed by atoms with Crippen LogP contribution in [0.4, 0.5) is 0 Å². The lowest BCUT2D eigenvalue weighted by molar-refractivity contribution is 1.15. The Morgan fingerprint density at radius 1 is 0.321 bits per heavy atom. The van der Waals surface area contributed by atoms with Crippen molar-refractivity contribution in [2.24, 2.45) is 0 Å². The number of para-hydroxylation sites is 2. The van der Waals surface area contributed by atoms with Crippen molar-refractivity contribution in [3.8, 4) is 33.6 Å². The van der Waals surface area contributed by atoms with Crippen LogP contribution in [-0.2, 0) is 0 Å². The Morgan fingerprint density at radius 2 is 0.774 bits per heavy atom. The fraction of sp³-hybridized carbons (Fsp3) is 0. The molecule has 0 N–H and O–H groups in total. The Labute approximate surface area is 305 Å². The number of nitrogens with zero attached hydrogens (tertiary/aromatic N) is 2. The second-order valence-corrected chi connectivity index (χ2v) is 14.9. The molecule has 4 heterocycles. The first-order chi connectivity index (χ1) is 26.3. The first-order valence-electron chi connectivity index (χ1n) is 18.5. The summed E-state index contributed by atoms with van der Waals surface area (Å²) >= 11 is 0. The number of hydrogen-bond acceptors (Lipinski definition) is 0. The molecule has 0 radical (unpaired) electrons. The van der Waals surface area contributed by atoms with Gasteiger partial charge < -0.3 is 9.13 Å². The molecular weight excluding hydrogens is 639 g/mol. The van der Waals surface area contributed by atoms with E-state index in [1.807, 2.05) is 0 Å². The molecule has 2 aliphatic rings. The van der Waals surface area contributed by atoms with E-state index in [0.717, 1.165) is 0 Å². The van der Waals surface area contributed by atoms with Gasteiger partial charge in [-0.05, 0) is 103 Å². The SMILES string of the molecule is c1ccc(-c2cccc(-c3cc4c5c(c3)-n3c6cc7ccccc7cc6c6cccc(c63)B5c3cccc5c6cc7ccccc7cc6n-4c35)c2)cc1. The zero-order chi connectivity index (χ0) is 34.4. The van der Waals surface area contributed by atoms with Crippen molar-refractivity contribution < 1.29 is 0 Å². The van der Waals surface area contributed by atoms with Crippen molar-refractivity contribution in [3.05, 3.63) is 176 Å². The zero-order valence-electron chi connectivity index (χ0n) is 28.7. The molecule has 9 aromatic carbocycles. The van der Waals surface area contributed by atoms with E-state index in [1.54, 1.807) is 0 Å². The number of rotatable bonds is 2. The van der Waals surface area contributed by atoms with E-state index >= 15 is 0 Å². The van der Waals surface area contributed by atoms with Crippen LogP contribution in [0.2, 0.25) is 0 Å². The summed E-state index contributed by atoms with van der Waals surface area (Å²) in [4.78, 5) is 0. The molecule has 0 unspecified atom stereocenters. The van der Waals surface area contributed by atoms with Crippen LogP contribution in [0.3, 0.4) is 0 Å². The maximum Gasteiger partial charge on any atom is 0.252 e. The molecule has 13 rings (SSSR count). The summed E-state index contributed by atoms with van der Waals surface area (Å²) in [7, 11) is 0. The summed E-state index contributed by atoms with van der Waals surface area (Å²) < 4.78 is 5.19. The molecule has 0 bridgehead atoms. The third kappa shape index (κ3) is 3.59. The van der Waals surface area contributed by atoms with Crippen molar-refractivity contribution >= 4 is 88.3 Å². The first-order valence-corrected chi connectivity index (χ1v) is 18.5. The second kappa shape index (κ2) is 9.94. The highest BCUT2D eigenvalue weighted by Crippen LogP contribution is 2.42. The quantitative estimate of drug-likeness (QED) is 0.162. The maximum atomic E-state index is 2.60. The van der Waals surface area contributed by atoms with Crippen molar-refractivity contribution in [2.75, 3.05) is 0 Å². The molecule has 53 heavy (non-hydrogen) atoms. The molecule has 0 fully saturated rings. The number of fused-ring (bicyclic) bond motifs is 12. The molecule has 0 spiro atoms. The highest BCUT2D eigenvalue weighted by atomic mass is 15.0. The van der Waals surface area contributed by atoms with Crippen LogP contribution in [0.1, 0.15) is 0 Å². The third-order valence-corrected chi connectivity index (χ3v) is 12.2. The minimum atomic E-state index is 0.106. The molecule has 0 aliphatic carbocycles. The van der Waals surface area contributed by atoms with Crippen LogP contribution >= 0.6 is 0 Å². The van der Waals surface area contributed by atoms with Gasteiger partial charge in [-0.25, -0.2) is 0 Å². The second-order valence-electron chi connectivity index (χ2n) is 14.9. The summed E-state index contributed by atoms with van der Waals surface area (Å²) in [6.45, 7) is 0.106. The number of hydrogen-bond donors (Lipinski definition) is 0. The zero-order valence-corrected chi connectivity index (χ0v) is 28.7. The Bertz CT molecular complexity index is 3220. The Hall–Kier alpha value is -6.84. The van der Waals surface area contributed by atoms with Gasteiger partial charge in [0.05, 0.1) is 11.0 Å². The van der Waals surface area contributed by atoms with Crippen LogP contribution in [0, 0.1) is 0 Å². The predicted octanol–water partition coefficient (Wildman–Crippen LogP) is 10.7. The molecule has 3 heteroatoms. The lowest BCUT2D eigenvalue weighted by Crippen LogP contribution is -2.59. The number of benzene rings is 9. The van der Waals surface area contributed by atoms with Gasteiger partial charge in [0.1, 0.15) is 0 Å². The normalized spacial score (nSPS) is 12.9. The average molecular weight is 669 g/mol. The average Bonchev–Trinajstić information content (AvgIpc) is 3.72. The molecule has 2 aliphatic heterocycles. The van der Waals surface area contributed by atoms with E-state index < -0.39 is 0 Å². The van der Waals surface area contributed by atoms with Gasteiger partial charge in [0.15, 0.2) is 0 Å². The van der Waals surface area contributed by atoms with E-state index in [9.17, 15) is 0 Å². The molecular formula is C50H29BN2. The van der Waals surface area contributed by atoms with E-state index in [2.05, 4.69) is 185 Å². The van der Waals surface area contributed by atoms with E-state index in [4.69, 9.17) is 0 Å². The van der Waals surface area contributed by atoms with Gasteiger partial charge in [-0.1, -0.05) is 133 Å². The Morgan fingerprint density at radius 3 is 1.32 bits per heavy atom. The van der Waals surface area contributed by atoms with Gasteiger partial charge in [0, 0.05) is 44.0 Å². The van der Waals surface area contributed by atoms with E-state index in [-0.39, 0.29) is 6.71 Å². The molecule has 0 saturated heterocycles. The summed E-state index contributed by atoms with van der Waals surface area (Å²) in [6.07, 6.45) is 0. The van der Waals surface area contributed by atoms with Crippen molar-refractivity contribution in [3.63, 3.8) is 0 Å². The minimum Gasteiger partial charge on any atom is -0.310 e. The first kappa shape index (κ1) is 27.8. The van der Waals surface area contributed by atoms with Crippen molar-refractivity contribution in [1.82, 2.24) is 9.13 Å². The summed E-state index contributed by atoms with van der Waals surface area (Å²) in [5, 5.41) is 10.3. The molecule has 2 aromatic heterocycles. The molecule has 0 saturated carbocycles. The lowest BCUT2D eigenvalue weighted by Gasteiger charge is -2.34. The molecule has 242 valence electrons. The standard InChI is InChI=1S/C50H29BN2/c1-2-11-30(12-3-1)31-17-8-18-32(23-31)37-28-46-48-47(29-37)53-45-27-36-16-7-5-14-34(36)25-41(45)39-20-10-22-43(50(39)53)51(48)42-21-9-19-38-40-24-33-13-4-6-15-35(33)26-44(40)52(46)49(38)42/h1-29H. The maximum absolute atomic E-state index is 2.60. The fourth-order valence-corrected chi connectivity index (χ4v) is 9.96. The van der Waals surface area contributed by atoms with Crippen molar-refractivity contribution in [2.45, 2.75) is 0 Å². The van der Waals surface area contributed by atoms with Crippen LogP contribution < -0.4 is 16.4 Å². The lowest BCUT2D eigenvalue weighted by atomic mass is 9.34. The minimum absolute atomic E-state index is 0.106. The van der Waals surface area contributed by atoms with Crippen LogP contribution in [0.15, 0.2) is 176 Å². The van der Waals surface area contributed by atoms with Gasteiger partial charge in [-0.3, -0.25) is 0 Å². The van der Waals surface area contributed by atoms with Gasteiger partial charge >= 0.3 is 0 Å². The van der Waals surface area contributed by atoms with Gasteiger partial charge in [0.25, 0.3) is 6.71 Å². The molecule has 0 atom stereocenters. The highest BCUT2D eigenvalue weighted by Gasteiger charge is 2.41. The third-order valence-electron chi connectivity index (χ3n) is 12.2. The molecule has 11 aromatic rings. The van der Waals surface area contributed by atoms with E-state index in [0.29, 0.717) is 0 Å². The summed E-state index contributed by atoms with van der Waals surface area (Å²) in [5.74, 6) is 0. The number of aromatic nitrogens is 2. The van der Waals surface area contributed by atoms with E-state index in [1.165, 1.54) is 115 Å². The van der Waals surface area contributed by atoms with Crippen LogP contribution in [-0.4, -0.2) is 15.8 Å². The van der Waals surface area contributed by atoms with Crippen LogP contribution in [0.5, 0.6) is 0 Å². The summed E-state index contributed by atoms with van der Waals surface area (Å²) in [5.41, 5.74) is 16.7. The topological polar surface area (TPSA) is 9.86 Å². The fourth-order valence-electron chi connectivity index (χ4n) is 9.96. The Balaban J connectivity index is 1.22.